The van der Waals surface area contributed by atoms with Crippen molar-refractivity contribution in [1.82, 2.24) is 4.31 Å². The van der Waals surface area contributed by atoms with E-state index in [0.717, 1.165) is 22.5 Å². The first-order chi connectivity index (χ1) is 7.91. The van der Waals surface area contributed by atoms with Crippen molar-refractivity contribution in [2.45, 2.75) is 17.4 Å². The molecule has 0 aliphatic carbocycles. The summed E-state index contributed by atoms with van der Waals surface area (Å²) in [6, 6.07) is 3.17. The van der Waals surface area contributed by atoms with E-state index in [1.807, 2.05) is 0 Å². The summed E-state index contributed by atoms with van der Waals surface area (Å²) in [5, 5.41) is 9.33. The van der Waals surface area contributed by atoms with Gasteiger partial charge in [0.15, 0.2) is 0 Å². The van der Waals surface area contributed by atoms with E-state index in [0.29, 0.717) is 6.42 Å². The van der Waals surface area contributed by atoms with E-state index in [4.69, 9.17) is 5.73 Å². The first kappa shape index (κ1) is 12.3. The molecule has 1 unspecified atom stereocenters. The van der Waals surface area contributed by atoms with Crippen molar-refractivity contribution in [2.24, 2.45) is 0 Å². The highest BCUT2D eigenvalue weighted by Gasteiger charge is 2.32. The van der Waals surface area contributed by atoms with Gasteiger partial charge in [-0.25, -0.2) is 12.8 Å². The lowest BCUT2D eigenvalue weighted by atomic mass is 10.3. The zero-order valence-electron chi connectivity index (χ0n) is 9.01. The molecule has 17 heavy (non-hydrogen) atoms. The molecule has 0 bridgehead atoms. The number of nitrogen functional groups attached to an aromatic ring is 1. The average Bonchev–Trinajstić information content (AvgIpc) is 2.64. The van der Waals surface area contributed by atoms with Gasteiger partial charge in [-0.05, 0) is 24.6 Å². The molecule has 1 heterocycles. The number of sulfonamides is 1. The van der Waals surface area contributed by atoms with Gasteiger partial charge in [-0.15, -0.1) is 0 Å². The number of aliphatic hydroxyl groups excluding tert-OH is 1. The molecule has 94 valence electrons. The predicted octanol–water partition coefficient (Wildman–Crippen LogP) is 0.163. The Balaban J connectivity index is 2.38. The molecule has 1 aromatic rings. The van der Waals surface area contributed by atoms with Crippen molar-refractivity contribution in [1.29, 1.82) is 0 Å². The van der Waals surface area contributed by atoms with Gasteiger partial charge in [-0.3, -0.25) is 0 Å². The van der Waals surface area contributed by atoms with Crippen LogP contribution in [0, 0.1) is 5.82 Å². The van der Waals surface area contributed by atoms with Gasteiger partial charge >= 0.3 is 0 Å². The SMILES string of the molecule is Nc1cc(F)ccc1S(=O)(=O)N1CCC(O)C1. The Bertz CT molecular complexity index is 532. The number of nitrogens with two attached hydrogens (primary N) is 1. The molecule has 0 amide bonds. The van der Waals surface area contributed by atoms with Crippen molar-refractivity contribution in [3.8, 4) is 0 Å². The summed E-state index contributed by atoms with van der Waals surface area (Å²) in [6.45, 7) is 0.305. The molecule has 1 aromatic carbocycles. The zero-order valence-corrected chi connectivity index (χ0v) is 9.82. The second kappa shape index (κ2) is 4.25. The fraction of sp³-hybridized carbons (Fsp3) is 0.400. The molecule has 1 atom stereocenters. The Labute approximate surface area is 98.7 Å². The minimum Gasteiger partial charge on any atom is -0.398 e. The second-order valence-corrected chi connectivity index (χ2v) is 5.89. The molecule has 2 rings (SSSR count). The standard InChI is InChI=1S/C10H13FN2O3S/c11-7-1-2-10(9(12)5-7)17(15,16)13-4-3-8(14)6-13/h1-2,5,8,14H,3-4,6,12H2. The number of anilines is 1. The van der Waals surface area contributed by atoms with Crippen LogP contribution in [0.15, 0.2) is 23.1 Å². The molecular weight excluding hydrogens is 247 g/mol. The van der Waals surface area contributed by atoms with E-state index in [2.05, 4.69) is 0 Å². The molecule has 1 saturated heterocycles. The van der Waals surface area contributed by atoms with Crippen LogP contribution in [-0.2, 0) is 10.0 Å². The van der Waals surface area contributed by atoms with Crippen LogP contribution in [0.4, 0.5) is 10.1 Å². The van der Waals surface area contributed by atoms with E-state index in [1.54, 1.807) is 0 Å². The zero-order chi connectivity index (χ0) is 12.6. The van der Waals surface area contributed by atoms with Gasteiger partial charge < -0.3 is 10.8 Å². The molecule has 0 radical (unpaired) electrons. The maximum Gasteiger partial charge on any atom is 0.245 e. The van der Waals surface area contributed by atoms with Crippen LogP contribution in [0.3, 0.4) is 0 Å². The number of rotatable bonds is 2. The number of benzene rings is 1. The molecule has 7 heteroatoms. The average molecular weight is 260 g/mol. The van der Waals surface area contributed by atoms with Crippen LogP contribution in [0.5, 0.6) is 0 Å². The molecule has 1 fully saturated rings. The number of nitrogens with zero attached hydrogens (tertiary/aromatic N) is 1. The van der Waals surface area contributed by atoms with Crippen molar-refractivity contribution in [3.63, 3.8) is 0 Å². The number of hydrogen-bond donors (Lipinski definition) is 2. The Hall–Kier alpha value is -1.18. The van der Waals surface area contributed by atoms with Gasteiger partial charge in [0.25, 0.3) is 0 Å². The smallest absolute Gasteiger partial charge is 0.245 e. The molecule has 1 aliphatic heterocycles. The fourth-order valence-corrected chi connectivity index (χ4v) is 3.41. The van der Waals surface area contributed by atoms with Gasteiger partial charge in [-0.1, -0.05) is 0 Å². The summed E-state index contributed by atoms with van der Waals surface area (Å²) in [6.07, 6.45) is -0.244. The Morgan fingerprint density at radius 3 is 2.71 bits per heavy atom. The second-order valence-electron chi connectivity index (χ2n) is 3.99. The fourth-order valence-electron chi connectivity index (χ4n) is 1.82. The van der Waals surface area contributed by atoms with Gasteiger partial charge in [0, 0.05) is 13.1 Å². The van der Waals surface area contributed by atoms with E-state index in [9.17, 15) is 17.9 Å². The van der Waals surface area contributed by atoms with Gasteiger partial charge in [-0.2, -0.15) is 4.31 Å². The first-order valence-electron chi connectivity index (χ1n) is 5.14. The Morgan fingerprint density at radius 2 is 2.18 bits per heavy atom. The monoisotopic (exact) mass is 260 g/mol. The number of β-amino-alcohol motifs (C(OH)–C–C–N with tert-alkyl or cyclic N) is 1. The van der Waals surface area contributed by atoms with Crippen LogP contribution >= 0.6 is 0 Å². The first-order valence-corrected chi connectivity index (χ1v) is 6.58. The maximum absolute atomic E-state index is 12.8. The summed E-state index contributed by atoms with van der Waals surface area (Å²) in [7, 11) is -3.74. The number of hydrogen-bond acceptors (Lipinski definition) is 4. The Kier molecular flexibility index (Phi) is 3.07. The minimum atomic E-state index is -3.74. The summed E-state index contributed by atoms with van der Waals surface area (Å²) >= 11 is 0. The quantitative estimate of drug-likeness (QED) is 0.742. The molecular formula is C10H13FN2O3S. The highest BCUT2D eigenvalue weighted by Crippen LogP contribution is 2.25. The lowest BCUT2D eigenvalue weighted by Gasteiger charge is -2.16. The van der Waals surface area contributed by atoms with Crippen molar-refractivity contribution in [2.75, 3.05) is 18.8 Å². The van der Waals surface area contributed by atoms with E-state index >= 15 is 0 Å². The third-order valence-electron chi connectivity index (χ3n) is 2.72. The predicted molar refractivity (Wildman–Crippen MR) is 60.2 cm³/mol. The molecule has 1 aliphatic rings. The van der Waals surface area contributed by atoms with E-state index in [-0.39, 0.29) is 23.7 Å². The van der Waals surface area contributed by atoms with Gasteiger partial charge in [0.1, 0.15) is 10.7 Å². The van der Waals surface area contributed by atoms with Crippen LogP contribution in [0.1, 0.15) is 6.42 Å². The lowest BCUT2D eigenvalue weighted by Crippen LogP contribution is -2.30. The maximum atomic E-state index is 12.8. The van der Waals surface area contributed by atoms with Crippen molar-refractivity contribution in [3.05, 3.63) is 24.0 Å². The summed E-state index contributed by atoms with van der Waals surface area (Å²) < 4.78 is 38.2. The van der Waals surface area contributed by atoms with Crippen LogP contribution in [0.2, 0.25) is 0 Å². The summed E-state index contributed by atoms with van der Waals surface area (Å²) in [5.74, 6) is -0.581. The molecule has 0 aromatic heterocycles. The van der Waals surface area contributed by atoms with Crippen LogP contribution in [-0.4, -0.2) is 37.0 Å². The third-order valence-corrected chi connectivity index (χ3v) is 4.65. The van der Waals surface area contributed by atoms with Crippen molar-refractivity contribution >= 4 is 15.7 Å². The van der Waals surface area contributed by atoms with Crippen LogP contribution in [0.25, 0.3) is 0 Å². The normalized spacial score (nSPS) is 21.9. The molecule has 3 N–H and O–H groups in total. The molecule has 5 nitrogen and oxygen atoms in total. The number of halogens is 1. The van der Waals surface area contributed by atoms with Crippen LogP contribution < -0.4 is 5.73 Å². The number of aliphatic hydroxyl groups is 1. The van der Waals surface area contributed by atoms with Crippen molar-refractivity contribution < 1.29 is 17.9 Å². The largest absolute Gasteiger partial charge is 0.398 e. The highest BCUT2D eigenvalue weighted by molar-refractivity contribution is 7.89. The topological polar surface area (TPSA) is 83.6 Å². The summed E-state index contributed by atoms with van der Waals surface area (Å²) in [4.78, 5) is -0.118. The van der Waals surface area contributed by atoms with Gasteiger partial charge in [0.2, 0.25) is 10.0 Å². The molecule has 0 spiro atoms. The highest BCUT2D eigenvalue weighted by atomic mass is 32.2. The minimum absolute atomic E-state index is 0.0547. The van der Waals surface area contributed by atoms with E-state index in [1.165, 1.54) is 0 Å². The van der Waals surface area contributed by atoms with E-state index < -0.39 is 21.9 Å². The summed E-state index contributed by atoms with van der Waals surface area (Å²) in [5.41, 5.74) is 5.38. The lowest BCUT2D eigenvalue weighted by molar-refractivity contribution is 0.189. The molecule has 0 saturated carbocycles. The van der Waals surface area contributed by atoms with Gasteiger partial charge in [0.05, 0.1) is 11.8 Å². The Morgan fingerprint density at radius 1 is 1.47 bits per heavy atom. The third kappa shape index (κ3) is 2.26.